The highest BCUT2D eigenvalue weighted by Gasteiger charge is 2.06. The number of nitrogens with zero attached hydrogens (tertiary/aromatic N) is 2. The molecule has 4 heteroatoms. The van der Waals surface area contributed by atoms with Crippen LogP contribution in [0.2, 0.25) is 0 Å². The Kier molecular flexibility index (Phi) is 1.33. The van der Waals surface area contributed by atoms with Gasteiger partial charge in [0.1, 0.15) is 5.65 Å². The number of carbonyl (C=O) groups is 1. The van der Waals surface area contributed by atoms with Gasteiger partial charge in [0.05, 0.1) is 5.56 Å². The van der Waals surface area contributed by atoms with Gasteiger partial charge in [0.2, 0.25) is 0 Å². The van der Waals surface area contributed by atoms with Gasteiger partial charge >= 0.3 is 0 Å². The maximum Gasteiger partial charge on any atom is 0.273 e. The van der Waals surface area contributed by atoms with Gasteiger partial charge < -0.3 is 4.40 Å². The first-order chi connectivity index (χ1) is 5.79. The molecule has 0 fully saturated rings. The molecule has 2 rings (SSSR count). The third kappa shape index (κ3) is 0.852. The monoisotopic (exact) mass is 160 g/mol. The molecule has 2 heterocycles. The summed E-state index contributed by atoms with van der Waals surface area (Å²) in [5.74, 6) is -0.702. The number of imidazole rings is 1. The summed E-state index contributed by atoms with van der Waals surface area (Å²) in [7, 11) is 0. The zero-order valence-electron chi connectivity index (χ0n) is 6.19. The quantitative estimate of drug-likeness (QED) is 0.618. The van der Waals surface area contributed by atoms with Crippen molar-refractivity contribution in [3.8, 4) is 0 Å². The Morgan fingerprint density at radius 1 is 1.50 bits per heavy atom. The first-order valence-electron chi connectivity index (χ1n) is 3.46. The standard InChI is InChI=1S/C8H6N3O/c9-7(12)6-2-1-4-11-5-3-10-8(6)11/h1-5,9H. The largest absolute Gasteiger partial charge is 0.306 e. The number of fused-ring (bicyclic) bond motifs is 1. The summed E-state index contributed by atoms with van der Waals surface area (Å²) in [4.78, 5) is 14.7. The molecule has 0 aromatic carbocycles. The Bertz CT molecular complexity index is 433. The fourth-order valence-corrected chi connectivity index (χ4v) is 1.13. The number of hydrogen-bond donors (Lipinski definition) is 0. The number of nitrogens with one attached hydrogen (secondary N) is 1. The Morgan fingerprint density at radius 2 is 2.33 bits per heavy atom. The third-order valence-electron chi connectivity index (χ3n) is 1.66. The lowest BCUT2D eigenvalue weighted by atomic mass is 10.2. The minimum Gasteiger partial charge on any atom is -0.306 e. The topological polar surface area (TPSA) is 58.2 Å². The summed E-state index contributed by atoms with van der Waals surface area (Å²) < 4.78 is 1.71. The van der Waals surface area contributed by atoms with Crippen LogP contribution in [-0.2, 0) is 0 Å². The molecule has 0 saturated heterocycles. The van der Waals surface area contributed by atoms with Gasteiger partial charge in [0, 0.05) is 18.6 Å². The van der Waals surface area contributed by atoms with Gasteiger partial charge in [0.25, 0.3) is 5.91 Å². The van der Waals surface area contributed by atoms with Gasteiger partial charge in [-0.25, -0.2) is 4.98 Å². The van der Waals surface area contributed by atoms with Crippen LogP contribution in [-0.4, -0.2) is 15.3 Å². The minimum absolute atomic E-state index is 0.336. The van der Waals surface area contributed by atoms with Crippen LogP contribution in [0.3, 0.4) is 0 Å². The van der Waals surface area contributed by atoms with Crippen molar-refractivity contribution < 1.29 is 4.79 Å². The summed E-state index contributed by atoms with van der Waals surface area (Å²) in [5.41, 5.74) is 7.82. The zero-order chi connectivity index (χ0) is 8.55. The van der Waals surface area contributed by atoms with Crippen LogP contribution >= 0.6 is 0 Å². The highest BCUT2D eigenvalue weighted by Crippen LogP contribution is 2.07. The molecule has 0 aliphatic carbocycles. The zero-order valence-corrected chi connectivity index (χ0v) is 6.19. The van der Waals surface area contributed by atoms with E-state index in [0.29, 0.717) is 11.2 Å². The first-order valence-corrected chi connectivity index (χ1v) is 3.46. The van der Waals surface area contributed by atoms with E-state index >= 15 is 0 Å². The van der Waals surface area contributed by atoms with E-state index < -0.39 is 5.91 Å². The first kappa shape index (κ1) is 6.84. The van der Waals surface area contributed by atoms with Gasteiger partial charge in [-0.2, -0.15) is 0 Å². The molecule has 0 unspecified atom stereocenters. The second-order valence-corrected chi connectivity index (χ2v) is 2.41. The molecule has 0 aliphatic rings. The van der Waals surface area contributed by atoms with Crippen molar-refractivity contribution in [1.29, 1.82) is 0 Å². The predicted octanol–water partition coefficient (Wildman–Crippen LogP) is 0.757. The van der Waals surface area contributed by atoms with Crippen molar-refractivity contribution in [3.63, 3.8) is 0 Å². The molecular formula is C8H6N3O. The van der Waals surface area contributed by atoms with Crippen molar-refractivity contribution in [2.24, 2.45) is 0 Å². The van der Waals surface area contributed by atoms with Gasteiger partial charge in [-0.1, -0.05) is 0 Å². The van der Waals surface area contributed by atoms with Gasteiger partial charge in [-0.15, -0.1) is 0 Å². The molecule has 1 N–H and O–H groups in total. The highest BCUT2D eigenvalue weighted by atomic mass is 16.1. The Hall–Kier alpha value is -1.84. The number of amides is 1. The second kappa shape index (κ2) is 2.34. The van der Waals surface area contributed by atoms with E-state index in [0.717, 1.165) is 0 Å². The predicted molar refractivity (Wildman–Crippen MR) is 42.6 cm³/mol. The fourth-order valence-electron chi connectivity index (χ4n) is 1.13. The van der Waals surface area contributed by atoms with Crippen LogP contribution in [0.15, 0.2) is 30.7 Å². The normalized spacial score (nSPS) is 10.3. The number of hydrogen-bond acceptors (Lipinski definition) is 2. The SMILES string of the molecule is [NH]C(=O)c1cccn2ccnc12. The van der Waals surface area contributed by atoms with E-state index in [1.807, 2.05) is 0 Å². The van der Waals surface area contributed by atoms with E-state index in [4.69, 9.17) is 5.73 Å². The van der Waals surface area contributed by atoms with Crippen molar-refractivity contribution in [1.82, 2.24) is 15.1 Å². The Morgan fingerprint density at radius 3 is 3.08 bits per heavy atom. The molecule has 4 nitrogen and oxygen atoms in total. The molecule has 2 aromatic heterocycles. The van der Waals surface area contributed by atoms with Crippen molar-refractivity contribution in [2.75, 3.05) is 0 Å². The molecule has 2 aromatic rings. The fraction of sp³-hybridized carbons (Fsp3) is 0. The summed E-state index contributed by atoms with van der Waals surface area (Å²) in [6, 6.07) is 3.31. The average Bonchev–Trinajstić information content (AvgIpc) is 2.49. The number of carbonyl (C=O) groups excluding carboxylic acids is 1. The average molecular weight is 160 g/mol. The lowest BCUT2D eigenvalue weighted by Crippen LogP contribution is -2.01. The summed E-state index contributed by atoms with van der Waals surface area (Å²) in [6.07, 6.45) is 5.12. The lowest BCUT2D eigenvalue weighted by Gasteiger charge is -1.96. The summed E-state index contributed by atoms with van der Waals surface area (Å²) in [5, 5.41) is 0. The van der Waals surface area contributed by atoms with E-state index in [-0.39, 0.29) is 0 Å². The number of pyridine rings is 1. The van der Waals surface area contributed by atoms with E-state index in [2.05, 4.69) is 4.98 Å². The van der Waals surface area contributed by atoms with E-state index in [1.54, 1.807) is 35.1 Å². The van der Waals surface area contributed by atoms with Gasteiger partial charge in [-0.05, 0) is 12.1 Å². The molecule has 0 bridgehead atoms. The molecule has 0 aliphatic heterocycles. The van der Waals surface area contributed by atoms with Gasteiger partial charge in [0.15, 0.2) is 0 Å². The smallest absolute Gasteiger partial charge is 0.273 e. The van der Waals surface area contributed by atoms with Crippen LogP contribution in [0.1, 0.15) is 10.4 Å². The third-order valence-corrected chi connectivity index (χ3v) is 1.66. The van der Waals surface area contributed by atoms with Crippen molar-refractivity contribution >= 4 is 11.6 Å². The van der Waals surface area contributed by atoms with E-state index in [9.17, 15) is 4.79 Å². The Labute approximate surface area is 68.6 Å². The molecule has 59 valence electrons. The second-order valence-electron chi connectivity index (χ2n) is 2.41. The van der Waals surface area contributed by atoms with Crippen LogP contribution in [0.4, 0.5) is 0 Å². The molecule has 12 heavy (non-hydrogen) atoms. The van der Waals surface area contributed by atoms with E-state index in [1.165, 1.54) is 0 Å². The van der Waals surface area contributed by atoms with Crippen LogP contribution in [0.25, 0.3) is 5.65 Å². The summed E-state index contributed by atoms with van der Waals surface area (Å²) in [6.45, 7) is 0. The number of rotatable bonds is 1. The lowest BCUT2D eigenvalue weighted by molar-refractivity contribution is 0.0993. The maximum absolute atomic E-state index is 10.8. The van der Waals surface area contributed by atoms with Crippen LogP contribution in [0.5, 0.6) is 0 Å². The Balaban J connectivity index is 2.82. The molecule has 1 radical (unpaired) electrons. The van der Waals surface area contributed by atoms with Gasteiger partial charge in [-0.3, -0.25) is 10.5 Å². The molecule has 0 atom stereocenters. The van der Waals surface area contributed by atoms with Crippen LogP contribution < -0.4 is 5.73 Å². The van der Waals surface area contributed by atoms with Crippen LogP contribution in [0, 0.1) is 0 Å². The minimum atomic E-state index is -0.702. The van der Waals surface area contributed by atoms with Crippen molar-refractivity contribution in [3.05, 3.63) is 36.3 Å². The molecule has 1 amide bonds. The molecule has 0 saturated carbocycles. The molecule has 0 spiro atoms. The highest BCUT2D eigenvalue weighted by molar-refractivity contribution is 5.97. The summed E-state index contributed by atoms with van der Waals surface area (Å²) >= 11 is 0. The molecular weight excluding hydrogens is 154 g/mol. The number of aromatic nitrogens is 2. The maximum atomic E-state index is 10.8. The van der Waals surface area contributed by atoms with Crippen molar-refractivity contribution in [2.45, 2.75) is 0 Å².